The molecule has 0 aliphatic heterocycles. The number of rotatable bonds is 3. The maximum Gasteiger partial charge on any atom is 0.0813 e. The van der Waals surface area contributed by atoms with Crippen molar-refractivity contribution in [1.82, 2.24) is 9.78 Å². The molecule has 0 aromatic carbocycles. The number of nitrogens with zero attached hydrogens (tertiary/aromatic N) is 2. The second-order valence-electron chi connectivity index (χ2n) is 5.00. The molecule has 86 valence electrons. The van der Waals surface area contributed by atoms with Gasteiger partial charge in [0.1, 0.15) is 0 Å². The lowest BCUT2D eigenvalue weighted by Crippen LogP contribution is -2.38. The van der Waals surface area contributed by atoms with E-state index in [1.165, 1.54) is 0 Å². The molecule has 1 heterocycles. The van der Waals surface area contributed by atoms with Crippen LogP contribution in [0.1, 0.15) is 32.4 Å². The van der Waals surface area contributed by atoms with Crippen LogP contribution in [0.4, 0.5) is 0 Å². The van der Waals surface area contributed by atoms with Gasteiger partial charge in [0.25, 0.3) is 0 Å². The minimum atomic E-state index is -0.135. The van der Waals surface area contributed by atoms with E-state index >= 15 is 0 Å². The van der Waals surface area contributed by atoms with Crippen molar-refractivity contribution < 1.29 is 4.74 Å². The van der Waals surface area contributed by atoms with Gasteiger partial charge in [0, 0.05) is 25.9 Å². The van der Waals surface area contributed by atoms with Gasteiger partial charge in [-0.3, -0.25) is 4.68 Å². The van der Waals surface area contributed by atoms with E-state index in [2.05, 4.69) is 25.9 Å². The normalized spacial score (nSPS) is 16.4. The highest BCUT2D eigenvalue weighted by Crippen LogP contribution is 2.30. The summed E-state index contributed by atoms with van der Waals surface area (Å²) < 4.78 is 7.23. The molecule has 2 atom stereocenters. The minimum absolute atomic E-state index is 0.0123. The zero-order valence-corrected chi connectivity index (χ0v) is 10.2. The van der Waals surface area contributed by atoms with E-state index in [-0.39, 0.29) is 17.6 Å². The zero-order valence-electron chi connectivity index (χ0n) is 10.2. The Kier molecular flexibility index (Phi) is 3.52. The SMILES string of the molecule is COC(C(N)c1cnn(C)c1)C(C)(C)C. The van der Waals surface area contributed by atoms with Gasteiger partial charge >= 0.3 is 0 Å². The predicted octanol–water partition coefficient (Wildman–Crippen LogP) is 1.48. The van der Waals surface area contributed by atoms with Gasteiger partial charge in [-0.1, -0.05) is 20.8 Å². The number of aryl methyl sites for hydroxylation is 1. The Morgan fingerprint density at radius 2 is 2.07 bits per heavy atom. The van der Waals surface area contributed by atoms with E-state index in [1.807, 2.05) is 13.2 Å². The lowest BCUT2D eigenvalue weighted by atomic mass is 9.83. The number of ether oxygens (including phenoxy) is 1. The molecular weight excluding hydrogens is 190 g/mol. The van der Waals surface area contributed by atoms with E-state index in [0.29, 0.717) is 0 Å². The van der Waals surface area contributed by atoms with Gasteiger partial charge in [-0.2, -0.15) is 5.10 Å². The monoisotopic (exact) mass is 211 g/mol. The van der Waals surface area contributed by atoms with Crippen LogP contribution in [0, 0.1) is 5.41 Å². The number of hydrogen-bond acceptors (Lipinski definition) is 3. The predicted molar refractivity (Wildman–Crippen MR) is 60.4 cm³/mol. The van der Waals surface area contributed by atoms with E-state index in [0.717, 1.165) is 5.56 Å². The summed E-state index contributed by atoms with van der Waals surface area (Å²) >= 11 is 0. The van der Waals surface area contributed by atoms with E-state index in [1.54, 1.807) is 18.0 Å². The van der Waals surface area contributed by atoms with Crippen molar-refractivity contribution in [3.8, 4) is 0 Å². The molecule has 0 fully saturated rings. The first kappa shape index (κ1) is 12.2. The Morgan fingerprint density at radius 3 is 2.40 bits per heavy atom. The summed E-state index contributed by atoms with van der Waals surface area (Å²) in [5.74, 6) is 0. The van der Waals surface area contributed by atoms with Crippen molar-refractivity contribution >= 4 is 0 Å². The number of hydrogen-bond donors (Lipinski definition) is 1. The maximum atomic E-state index is 6.17. The molecule has 2 unspecified atom stereocenters. The number of aromatic nitrogens is 2. The molecule has 0 bridgehead atoms. The summed E-state index contributed by atoms with van der Waals surface area (Å²) in [7, 11) is 3.58. The van der Waals surface area contributed by atoms with Gasteiger partial charge in [0.2, 0.25) is 0 Å². The largest absolute Gasteiger partial charge is 0.379 e. The van der Waals surface area contributed by atoms with E-state index in [9.17, 15) is 0 Å². The molecule has 4 nitrogen and oxygen atoms in total. The highest BCUT2D eigenvalue weighted by molar-refractivity contribution is 5.12. The van der Waals surface area contributed by atoms with Crippen LogP contribution in [0.3, 0.4) is 0 Å². The second kappa shape index (κ2) is 4.33. The van der Waals surface area contributed by atoms with Crippen LogP contribution in [0.2, 0.25) is 0 Å². The lowest BCUT2D eigenvalue weighted by molar-refractivity contribution is -0.00244. The van der Waals surface area contributed by atoms with Crippen molar-refractivity contribution in [2.24, 2.45) is 18.2 Å². The summed E-state index contributed by atoms with van der Waals surface area (Å²) in [6.07, 6.45) is 3.71. The standard InChI is InChI=1S/C11H21N3O/c1-11(2,3)10(15-5)9(12)8-6-13-14(4)7-8/h6-7,9-10H,12H2,1-5H3. The average Bonchev–Trinajstić information content (AvgIpc) is 2.50. The molecule has 0 saturated carbocycles. The Balaban J connectivity index is 2.87. The van der Waals surface area contributed by atoms with Crippen molar-refractivity contribution in [3.63, 3.8) is 0 Å². The Hall–Kier alpha value is -0.870. The van der Waals surface area contributed by atoms with Crippen LogP contribution in [0.15, 0.2) is 12.4 Å². The number of nitrogens with two attached hydrogens (primary N) is 1. The lowest BCUT2D eigenvalue weighted by Gasteiger charge is -2.33. The van der Waals surface area contributed by atoms with Gasteiger partial charge < -0.3 is 10.5 Å². The van der Waals surface area contributed by atoms with Crippen molar-refractivity contribution in [2.75, 3.05) is 7.11 Å². The molecule has 0 amide bonds. The third-order valence-corrected chi connectivity index (χ3v) is 2.54. The molecule has 15 heavy (non-hydrogen) atoms. The van der Waals surface area contributed by atoms with Crippen LogP contribution in [-0.4, -0.2) is 23.0 Å². The minimum Gasteiger partial charge on any atom is -0.379 e. The van der Waals surface area contributed by atoms with Crippen LogP contribution >= 0.6 is 0 Å². The fourth-order valence-corrected chi connectivity index (χ4v) is 1.83. The van der Waals surface area contributed by atoms with Gasteiger partial charge in [0.15, 0.2) is 0 Å². The molecule has 0 aliphatic rings. The van der Waals surface area contributed by atoms with Crippen LogP contribution in [0.25, 0.3) is 0 Å². The van der Waals surface area contributed by atoms with Crippen molar-refractivity contribution in [3.05, 3.63) is 18.0 Å². The van der Waals surface area contributed by atoms with Gasteiger partial charge in [-0.25, -0.2) is 0 Å². The third kappa shape index (κ3) is 2.79. The number of methoxy groups -OCH3 is 1. The second-order valence-corrected chi connectivity index (χ2v) is 5.00. The summed E-state index contributed by atoms with van der Waals surface area (Å²) in [5.41, 5.74) is 7.20. The molecule has 0 spiro atoms. The van der Waals surface area contributed by atoms with Gasteiger partial charge in [0.05, 0.1) is 18.3 Å². The first-order valence-electron chi connectivity index (χ1n) is 5.13. The fraction of sp³-hybridized carbons (Fsp3) is 0.727. The van der Waals surface area contributed by atoms with Gasteiger partial charge in [-0.15, -0.1) is 0 Å². The van der Waals surface area contributed by atoms with Gasteiger partial charge in [-0.05, 0) is 5.41 Å². The van der Waals surface area contributed by atoms with Crippen molar-refractivity contribution in [1.29, 1.82) is 0 Å². The summed E-state index contributed by atoms with van der Waals surface area (Å²) in [6.45, 7) is 6.37. The molecule has 0 aliphatic carbocycles. The average molecular weight is 211 g/mol. The fourth-order valence-electron chi connectivity index (χ4n) is 1.83. The highest BCUT2D eigenvalue weighted by Gasteiger charge is 2.31. The molecule has 0 radical (unpaired) electrons. The summed E-state index contributed by atoms with van der Waals surface area (Å²) in [4.78, 5) is 0. The molecule has 0 saturated heterocycles. The summed E-state index contributed by atoms with van der Waals surface area (Å²) in [5, 5.41) is 4.12. The Labute approximate surface area is 91.4 Å². The quantitative estimate of drug-likeness (QED) is 0.824. The highest BCUT2D eigenvalue weighted by atomic mass is 16.5. The molecule has 4 heteroatoms. The first-order chi connectivity index (χ1) is 6.86. The Morgan fingerprint density at radius 1 is 1.47 bits per heavy atom. The van der Waals surface area contributed by atoms with Crippen LogP contribution < -0.4 is 5.73 Å². The van der Waals surface area contributed by atoms with Crippen LogP contribution in [-0.2, 0) is 11.8 Å². The van der Waals surface area contributed by atoms with Crippen molar-refractivity contribution in [2.45, 2.75) is 32.9 Å². The first-order valence-corrected chi connectivity index (χ1v) is 5.13. The molecule has 1 aromatic heterocycles. The summed E-state index contributed by atoms with van der Waals surface area (Å²) in [6, 6.07) is -0.135. The van der Waals surface area contributed by atoms with E-state index < -0.39 is 0 Å². The molecule has 1 rings (SSSR count). The Bertz CT molecular complexity index is 314. The van der Waals surface area contributed by atoms with E-state index in [4.69, 9.17) is 10.5 Å². The molecule has 1 aromatic rings. The molecular formula is C11H21N3O. The topological polar surface area (TPSA) is 53.1 Å². The third-order valence-electron chi connectivity index (χ3n) is 2.54. The maximum absolute atomic E-state index is 6.17. The van der Waals surface area contributed by atoms with Crippen LogP contribution in [0.5, 0.6) is 0 Å². The molecule has 2 N–H and O–H groups in total. The zero-order chi connectivity index (χ0) is 11.6. The smallest absolute Gasteiger partial charge is 0.0813 e.